The molecule has 25 heavy (non-hydrogen) atoms. The van der Waals surface area contributed by atoms with Crippen LogP contribution in [0.25, 0.3) is 0 Å². The second-order valence-corrected chi connectivity index (χ2v) is 6.25. The highest BCUT2D eigenvalue weighted by molar-refractivity contribution is 5.86. The summed E-state index contributed by atoms with van der Waals surface area (Å²) in [5, 5.41) is 10.6. The van der Waals surface area contributed by atoms with Gasteiger partial charge < -0.3 is 20.9 Å². The molecular weight excluding hydrogens is 327 g/mol. The van der Waals surface area contributed by atoms with E-state index in [0.29, 0.717) is 12.1 Å². The molecule has 0 atom stereocenters. The van der Waals surface area contributed by atoms with Crippen LogP contribution in [0.15, 0.2) is 36.2 Å². The van der Waals surface area contributed by atoms with Crippen molar-refractivity contribution in [2.24, 2.45) is 5.73 Å². The van der Waals surface area contributed by atoms with Crippen LogP contribution in [-0.4, -0.2) is 30.3 Å². The van der Waals surface area contributed by atoms with E-state index in [0.717, 1.165) is 37.7 Å². The van der Waals surface area contributed by atoms with E-state index >= 15 is 0 Å². The van der Waals surface area contributed by atoms with E-state index in [-0.39, 0.29) is 24.6 Å². The summed E-state index contributed by atoms with van der Waals surface area (Å²) in [5.74, 6) is 0.206. The third-order valence-electron chi connectivity index (χ3n) is 4.63. The summed E-state index contributed by atoms with van der Waals surface area (Å²) in [7, 11) is 0. The minimum Gasteiger partial charge on any atom is -0.489 e. The zero-order chi connectivity index (χ0) is 18.3. The number of primary amides is 1. The van der Waals surface area contributed by atoms with Crippen LogP contribution < -0.4 is 15.8 Å². The van der Waals surface area contributed by atoms with Crippen molar-refractivity contribution in [2.75, 3.05) is 13.2 Å². The first-order valence-corrected chi connectivity index (χ1v) is 8.26. The Balaban J connectivity index is 2.01. The number of hydrogen-bond acceptors (Lipinski definition) is 3. The van der Waals surface area contributed by atoms with Gasteiger partial charge in [0.2, 0.25) is 5.91 Å². The number of rotatable bonds is 7. The summed E-state index contributed by atoms with van der Waals surface area (Å²) in [5.41, 5.74) is 6.10. The van der Waals surface area contributed by atoms with E-state index in [2.05, 4.69) is 5.32 Å². The molecule has 2 amide bonds. The summed E-state index contributed by atoms with van der Waals surface area (Å²) < 4.78 is 18.2. The molecule has 0 aliphatic heterocycles. The Morgan fingerprint density at radius 3 is 2.40 bits per heavy atom. The number of carbonyl (C=O) groups is 2. The summed E-state index contributed by atoms with van der Waals surface area (Å²) in [6.45, 7) is -0.216. The first kappa shape index (κ1) is 18.8. The van der Waals surface area contributed by atoms with Gasteiger partial charge in [-0.25, -0.2) is 9.18 Å². The summed E-state index contributed by atoms with van der Waals surface area (Å²) in [6, 6.07) is 7.07. The lowest BCUT2D eigenvalue weighted by molar-refractivity contribution is -0.124. The molecule has 1 fully saturated rings. The molecule has 1 aromatic rings. The zero-order valence-corrected chi connectivity index (χ0v) is 14.0. The van der Waals surface area contributed by atoms with Gasteiger partial charge in [-0.2, -0.15) is 0 Å². The average Bonchev–Trinajstić information content (AvgIpc) is 2.62. The fraction of sp³-hybridized carbons (Fsp3) is 0.444. The maximum Gasteiger partial charge on any atom is 0.404 e. The first-order chi connectivity index (χ1) is 12.0. The molecule has 0 saturated heterocycles. The van der Waals surface area contributed by atoms with Gasteiger partial charge in [-0.1, -0.05) is 31.4 Å². The van der Waals surface area contributed by atoms with E-state index in [1.54, 1.807) is 12.1 Å². The Morgan fingerprint density at radius 1 is 1.24 bits per heavy atom. The van der Waals surface area contributed by atoms with Gasteiger partial charge >= 0.3 is 6.09 Å². The number of amides is 2. The molecule has 0 bridgehead atoms. The van der Waals surface area contributed by atoms with Crippen molar-refractivity contribution in [2.45, 2.75) is 37.5 Å². The SMILES string of the molecule is NC(=O)C1(c2ccc(OCC(=CF)CNC(=O)O)cc2)CCCCC1. The average molecular weight is 350 g/mol. The van der Waals surface area contributed by atoms with Crippen molar-refractivity contribution in [3.8, 4) is 5.75 Å². The van der Waals surface area contributed by atoms with Crippen molar-refractivity contribution in [3.05, 3.63) is 41.7 Å². The Labute approximate surface area is 145 Å². The molecule has 4 N–H and O–H groups in total. The van der Waals surface area contributed by atoms with Crippen molar-refractivity contribution in [1.29, 1.82) is 0 Å². The molecule has 0 unspecified atom stereocenters. The molecule has 1 aliphatic carbocycles. The molecule has 0 spiro atoms. The van der Waals surface area contributed by atoms with E-state index in [9.17, 15) is 14.0 Å². The topological polar surface area (TPSA) is 102 Å². The summed E-state index contributed by atoms with van der Waals surface area (Å²) in [6.07, 6.45) is 3.65. The Kier molecular flexibility index (Phi) is 6.38. The van der Waals surface area contributed by atoms with Crippen LogP contribution in [0.2, 0.25) is 0 Å². The zero-order valence-electron chi connectivity index (χ0n) is 14.0. The predicted molar refractivity (Wildman–Crippen MR) is 91.1 cm³/mol. The molecule has 1 saturated carbocycles. The minimum absolute atomic E-state index is 0.0723. The third kappa shape index (κ3) is 4.71. The smallest absolute Gasteiger partial charge is 0.404 e. The Morgan fingerprint density at radius 2 is 1.88 bits per heavy atom. The van der Waals surface area contributed by atoms with Crippen molar-refractivity contribution < 1.29 is 23.8 Å². The minimum atomic E-state index is -1.23. The lowest BCUT2D eigenvalue weighted by atomic mass is 9.69. The van der Waals surface area contributed by atoms with Gasteiger partial charge in [0.25, 0.3) is 0 Å². The van der Waals surface area contributed by atoms with Crippen molar-refractivity contribution >= 4 is 12.0 Å². The van der Waals surface area contributed by atoms with Gasteiger partial charge in [0.05, 0.1) is 11.7 Å². The van der Waals surface area contributed by atoms with E-state index < -0.39 is 11.5 Å². The second-order valence-electron chi connectivity index (χ2n) is 6.25. The number of nitrogens with one attached hydrogen (secondary N) is 1. The molecule has 0 aromatic heterocycles. The fourth-order valence-electron chi connectivity index (χ4n) is 3.19. The molecule has 6 nitrogen and oxygen atoms in total. The number of halogens is 1. The standard InChI is InChI=1S/C18H23FN2O4/c19-10-13(11-21-17(23)24)12-25-15-6-4-14(5-7-15)18(16(20)22)8-2-1-3-9-18/h4-7,10,21H,1-3,8-9,11-12H2,(H2,20,22)(H,23,24). The lowest BCUT2D eigenvalue weighted by Gasteiger charge is -2.34. The lowest BCUT2D eigenvalue weighted by Crippen LogP contribution is -2.42. The molecule has 1 aliphatic rings. The Hall–Kier alpha value is -2.57. The van der Waals surface area contributed by atoms with Crippen LogP contribution >= 0.6 is 0 Å². The number of hydrogen-bond donors (Lipinski definition) is 3. The third-order valence-corrected chi connectivity index (χ3v) is 4.63. The quantitative estimate of drug-likeness (QED) is 0.704. The summed E-state index contributed by atoms with van der Waals surface area (Å²) >= 11 is 0. The van der Waals surface area contributed by atoms with Crippen LogP contribution in [0.5, 0.6) is 5.75 Å². The monoisotopic (exact) mass is 350 g/mol. The van der Waals surface area contributed by atoms with E-state index in [1.807, 2.05) is 12.1 Å². The number of benzene rings is 1. The number of ether oxygens (including phenoxy) is 1. The van der Waals surface area contributed by atoms with Crippen molar-refractivity contribution in [3.63, 3.8) is 0 Å². The van der Waals surface area contributed by atoms with Gasteiger partial charge in [0.1, 0.15) is 12.4 Å². The summed E-state index contributed by atoms with van der Waals surface area (Å²) in [4.78, 5) is 22.5. The molecule has 1 aromatic carbocycles. The van der Waals surface area contributed by atoms with Gasteiger partial charge in [-0.15, -0.1) is 0 Å². The molecular formula is C18H23FN2O4. The number of nitrogens with two attached hydrogens (primary N) is 1. The van der Waals surface area contributed by atoms with E-state index in [1.165, 1.54) is 0 Å². The second kappa shape index (κ2) is 8.50. The fourth-order valence-corrected chi connectivity index (χ4v) is 3.19. The Bertz CT molecular complexity index is 637. The maximum absolute atomic E-state index is 12.7. The van der Waals surface area contributed by atoms with Crippen LogP contribution in [0, 0.1) is 0 Å². The number of carbonyl (C=O) groups excluding carboxylic acids is 1. The first-order valence-electron chi connectivity index (χ1n) is 8.26. The normalized spacial score (nSPS) is 16.9. The van der Waals surface area contributed by atoms with Crippen LogP contribution in [0.4, 0.5) is 9.18 Å². The van der Waals surface area contributed by atoms with Crippen LogP contribution in [0.3, 0.4) is 0 Å². The van der Waals surface area contributed by atoms with Gasteiger partial charge in [0, 0.05) is 12.1 Å². The van der Waals surface area contributed by atoms with Gasteiger partial charge in [-0.3, -0.25) is 4.79 Å². The number of carboxylic acid groups (broad SMARTS) is 1. The predicted octanol–water partition coefficient (Wildman–Crippen LogP) is 2.87. The highest BCUT2D eigenvalue weighted by Crippen LogP contribution is 2.39. The largest absolute Gasteiger partial charge is 0.489 e. The van der Waals surface area contributed by atoms with Gasteiger partial charge in [-0.05, 0) is 30.5 Å². The molecule has 7 heteroatoms. The van der Waals surface area contributed by atoms with Crippen LogP contribution in [-0.2, 0) is 10.2 Å². The molecule has 0 heterocycles. The van der Waals surface area contributed by atoms with Gasteiger partial charge in [0.15, 0.2) is 0 Å². The van der Waals surface area contributed by atoms with E-state index in [4.69, 9.17) is 15.6 Å². The molecule has 136 valence electrons. The van der Waals surface area contributed by atoms with Crippen molar-refractivity contribution in [1.82, 2.24) is 5.32 Å². The van der Waals surface area contributed by atoms with Crippen LogP contribution in [0.1, 0.15) is 37.7 Å². The maximum atomic E-state index is 12.7. The highest BCUT2D eigenvalue weighted by Gasteiger charge is 2.39. The molecule has 2 rings (SSSR count). The highest BCUT2D eigenvalue weighted by atomic mass is 19.1. The molecule has 0 radical (unpaired) electrons.